The van der Waals surface area contributed by atoms with E-state index < -0.39 is 27.1 Å². The van der Waals surface area contributed by atoms with Crippen LogP contribution in [-0.2, 0) is 14.8 Å². The number of aliphatic hydroxyl groups is 1. The molecule has 2 saturated heterocycles. The molecule has 0 atom stereocenters. The zero-order chi connectivity index (χ0) is 27.5. The number of rotatable bonds is 7. The van der Waals surface area contributed by atoms with Crippen molar-refractivity contribution in [1.82, 2.24) is 9.71 Å². The number of carbonyl (C=O) groups is 1. The predicted octanol–water partition coefficient (Wildman–Crippen LogP) is 3.88. The fourth-order valence-electron chi connectivity index (χ4n) is 5.64. The van der Waals surface area contributed by atoms with Crippen LogP contribution in [0.3, 0.4) is 0 Å². The molecule has 2 saturated carbocycles. The Balaban J connectivity index is 1.16. The number of pyridine rings is 1. The molecule has 6 rings (SSSR count). The van der Waals surface area contributed by atoms with Gasteiger partial charge in [0.2, 0.25) is 0 Å². The summed E-state index contributed by atoms with van der Waals surface area (Å²) in [6.07, 6.45) is 6.83. The molecular weight excluding hydrogens is 540 g/mol. The quantitative estimate of drug-likeness (QED) is 0.512. The van der Waals surface area contributed by atoms with E-state index in [1.54, 1.807) is 25.1 Å². The molecule has 1 amide bonds. The number of hydrogen-bond donors (Lipinski definition) is 2. The van der Waals surface area contributed by atoms with Gasteiger partial charge in [-0.1, -0.05) is 17.7 Å². The van der Waals surface area contributed by atoms with Crippen LogP contribution >= 0.6 is 11.6 Å². The number of benzene rings is 1. The summed E-state index contributed by atoms with van der Waals surface area (Å²) in [6.45, 7) is 4.76. The van der Waals surface area contributed by atoms with Crippen LogP contribution in [0, 0.1) is 5.41 Å². The monoisotopic (exact) mass is 574 g/mol. The van der Waals surface area contributed by atoms with E-state index in [0.717, 1.165) is 31.6 Å². The fraction of sp³-hybridized carbons (Fsp3) is 0.571. The number of piperidine rings is 2. The Morgan fingerprint density at radius 1 is 0.974 bits per heavy atom. The summed E-state index contributed by atoms with van der Waals surface area (Å²) in [6, 6.07) is 10.2. The van der Waals surface area contributed by atoms with Gasteiger partial charge in [-0.15, -0.1) is 0 Å². The van der Waals surface area contributed by atoms with E-state index in [-0.39, 0.29) is 5.03 Å². The van der Waals surface area contributed by atoms with Gasteiger partial charge in [0.15, 0.2) is 10.6 Å². The summed E-state index contributed by atoms with van der Waals surface area (Å²) in [5, 5.41) is 10.5. The lowest BCUT2D eigenvalue weighted by Gasteiger charge is -2.36. The maximum Gasteiger partial charge on any atom is 0.281 e. The van der Waals surface area contributed by atoms with Crippen LogP contribution in [0.1, 0.15) is 58.3 Å². The van der Waals surface area contributed by atoms with Gasteiger partial charge in [0.05, 0.1) is 11.3 Å². The summed E-state index contributed by atoms with van der Waals surface area (Å²) in [5.74, 6) is 0.293. The van der Waals surface area contributed by atoms with Crippen molar-refractivity contribution in [3.63, 3.8) is 0 Å². The number of ether oxygens (including phenoxy) is 1. The van der Waals surface area contributed by atoms with Gasteiger partial charge in [-0.2, -0.15) is 8.42 Å². The first kappa shape index (κ1) is 26.7. The first-order valence-electron chi connectivity index (χ1n) is 13.7. The number of aromatic nitrogens is 1. The van der Waals surface area contributed by atoms with Crippen LogP contribution in [-0.4, -0.2) is 61.8 Å². The highest BCUT2D eigenvalue weighted by Crippen LogP contribution is 2.54. The summed E-state index contributed by atoms with van der Waals surface area (Å²) < 4.78 is 34.9. The Hall–Kier alpha value is -2.56. The van der Waals surface area contributed by atoms with E-state index in [4.69, 9.17) is 16.3 Å². The van der Waals surface area contributed by atoms with Crippen LogP contribution in [0.2, 0.25) is 5.02 Å². The second-order valence-electron chi connectivity index (χ2n) is 11.9. The molecule has 4 fully saturated rings. The summed E-state index contributed by atoms with van der Waals surface area (Å²) in [5.41, 5.74) is -0.597. The second kappa shape index (κ2) is 9.52. The minimum atomic E-state index is -4.23. The highest BCUT2D eigenvalue weighted by Gasteiger charge is 2.55. The molecule has 1 spiro atoms. The van der Waals surface area contributed by atoms with Crippen LogP contribution < -0.4 is 19.3 Å². The number of sulfonamides is 1. The Labute approximate surface area is 234 Å². The lowest BCUT2D eigenvalue weighted by atomic mass is 9.93. The van der Waals surface area contributed by atoms with Crippen molar-refractivity contribution in [3.8, 4) is 5.75 Å². The van der Waals surface area contributed by atoms with Crippen molar-refractivity contribution in [1.29, 1.82) is 0 Å². The van der Waals surface area contributed by atoms with Crippen molar-refractivity contribution < 1.29 is 23.1 Å². The van der Waals surface area contributed by atoms with Gasteiger partial charge in [0.1, 0.15) is 11.6 Å². The molecule has 1 aromatic heterocycles. The van der Waals surface area contributed by atoms with Gasteiger partial charge in [-0.3, -0.25) is 4.79 Å². The average Bonchev–Trinajstić information content (AvgIpc) is 3.83. The number of nitrogens with zero attached hydrogens (tertiary/aromatic N) is 3. The van der Waals surface area contributed by atoms with Crippen LogP contribution in [0.25, 0.3) is 0 Å². The van der Waals surface area contributed by atoms with Gasteiger partial charge in [0.25, 0.3) is 15.9 Å². The van der Waals surface area contributed by atoms with E-state index in [2.05, 4.69) is 14.6 Å². The summed E-state index contributed by atoms with van der Waals surface area (Å²) in [7, 11) is -4.23. The van der Waals surface area contributed by atoms with Gasteiger partial charge >= 0.3 is 0 Å². The Kier molecular flexibility index (Phi) is 6.51. The molecule has 39 heavy (non-hydrogen) atoms. The molecule has 9 nitrogen and oxygen atoms in total. The van der Waals surface area contributed by atoms with Crippen molar-refractivity contribution in [2.75, 3.05) is 36.0 Å². The smallest absolute Gasteiger partial charge is 0.281 e. The third-order valence-electron chi connectivity index (χ3n) is 8.84. The van der Waals surface area contributed by atoms with Gasteiger partial charge in [-0.25, -0.2) is 9.71 Å². The molecule has 2 N–H and O–H groups in total. The van der Waals surface area contributed by atoms with Crippen molar-refractivity contribution in [3.05, 3.63) is 41.4 Å². The lowest BCUT2D eigenvalue weighted by molar-refractivity contribution is -0.127. The molecule has 2 aliphatic carbocycles. The molecule has 1 aromatic carbocycles. The maximum atomic E-state index is 13.3. The topological polar surface area (TPSA) is 112 Å². The largest absolute Gasteiger partial charge is 0.475 e. The molecule has 210 valence electrons. The standard InChI is InChI=1S/C28H35ClN4O5S/c1-26(35)11-15-33(16-12-26)23-3-2-4-24(30-23)39(36,37)31-25(34)28(9-10-28)38-22-19-20(29)5-6-21(22)32-17-13-27(7-8-27)14-18-32/h2-6,19,35H,7-18H2,1H3,(H,31,34). The number of anilines is 2. The maximum absolute atomic E-state index is 13.3. The Morgan fingerprint density at radius 2 is 1.64 bits per heavy atom. The molecule has 3 heterocycles. The van der Waals surface area contributed by atoms with Gasteiger partial charge in [0, 0.05) is 50.1 Å². The summed E-state index contributed by atoms with van der Waals surface area (Å²) in [4.78, 5) is 21.9. The second-order valence-corrected chi connectivity index (χ2v) is 14.0. The van der Waals surface area contributed by atoms with E-state index >= 15 is 0 Å². The van der Waals surface area contributed by atoms with E-state index in [1.165, 1.54) is 18.9 Å². The average molecular weight is 575 g/mol. The van der Waals surface area contributed by atoms with Crippen LogP contribution in [0.15, 0.2) is 41.4 Å². The number of amides is 1. The number of carbonyl (C=O) groups excluding carboxylic acids is 1. The fourth-order valence-corrected chi connectivity index (χ4v) is 6.81. The first-order valence-corrected chi connectivity index (χ1v) is 15.6. The zero-order valence-electron chi connectivity index (χ0n) is 22.2. The number of halogens is 1. The number of nitrogens with one attached hydrogen (secondary N) is 1. The van der Waals surface area contributed by atoms with Crippen molar-refractivity contribution >= 4 is 39.0 Å². The first-order chi connectivity index (χ1) is 18.5. The van der Waals surface area contributed by atoms with E-state index in [0.29, 0.717) is 60.8 Å². The van der Waals surface area contributed by atoms with Crippen molar-refractivity contribution in [2.24, 2.45) is 5.41 Å². The van der Waals surface area contributed by atoms with Gasteiger partial charge in [-0.05, 0) is 75.1 Å². The van der Waals surface area contributed by atoms with Crippen molar-refractivity contribution in [2.45, 2.75) is 74.5 Å². The highest BCUT2D eigenvalue weighted by atomic mass is 35.5. The normalized spacial score (nSPS) is 22.8. The Bertz CT molecular complexity index is 1370. The number of hydrogen-bond acceptors (Lipinski definition) is 8. The van der Waals surface area contributed by atoms with E-state index in [1.807, 2.05) is 17.0 Å². The predicted molar refractivity (Wildman–Crippen MR) is 149 cm³/mol. The highest BCUT2D eigenvalue weighted by molar-refractivity contribution is 7.90. The Morgan fingerprint density at radius 3 is 2.28 bits per heavy atom. The van der Waals surface area contributed by atoms with Crippen LogP contribution in [0.4, 0.5) is 11.5 Å². The zero-order valence-corrected chi connectivity index (χ0v) is 23.7. The molecule has 4 aliphatic rings. The molecule has 0 radical (unpaired) electrons. The van der Waals surface area contributed by atoms with E-state index in [9.17, 15) is 18.3 Å². The SMILES string of the molecule is CC1(O)CCN(c2cccc(S(=O)(=O)NC(=O)C3(Oc4cc(Cl)ccc4N4CCC5(CC4)CC5)CC3)n2)CC1. The molecule has 2 aromatic rings. The lowest BCUT2D eigenvalue weighted by Crippen LogP contribution is -2.44. The molecular formula is C28H35ClN4O5S. The molecule has 11 heteroatoms. The van der Waals surface area contributed by atoms with Crippen LogP contribution in [0.5, 0.6) is 5.75 Å². The molecule has 2 aliphatic heterocycles. The third-order valence-corrected chi connectivity index (χ3v) is 10.3. The molecule has 0 unspecified atom stereocenters. The summed E-state index contributed by atoms with van der Waals surface area (Å²) >= 11 is 6.30. The minimum Gasteiger partial charge on any atom is -0.475 e. The third kappa shape index (κ3) is 5.56. The minimum absolute atomic E-state index is 0.229. The van der Waals surface area contributed by atoms with Gasteiger partial charge < -0.3 is 19.6 Å². The molecule has 0 bridgehead atoms.